The van der Waals surface area contributed by atoms with E-state index in [9.17, 15) is 8.78 Å². The summed E-state index contributed by atoms with van der Waals surface area (Å²) in [5.74, 6) is 0.480. The minimum atomic E-state index is -2.46. The molecule has 0 saturated carbocycles. The first kappa shape index (κ1) is 10.7. The van der Waals surface area contributed by atoms with Crippen molar-refractivity contribution < 1.29 is 8.78 Å². The standard InChI is InChI=1S/C11H11F2N3/c12-11(13)8-3-1-2-7(6-8)9-4-5-10(14)16-15-9/h1-3,6,11H,4-5H2,(H2,14,16). The summed E-state index contributed by atoms with van der Waals surface area (Å²) in [6, 6.07) is 6.19. The lowest BCUT2D eigenvalue weighted by molar-refractivity contribution is 0.151. The van der Waals surface area contributed by atoms with Gasteiger partial charge in [-0.3, -0.25) is 0 Å². The minimum Gasteiger partial charge on any atom is -0.386 e. The van der Waals surface area contributed by atoms with Gasteiger partial charge >= 0.3 is 0 Å². The summed E-state index contributed by atoms with van der Waals surface area (Å²) in [4.78, 5) is 0. The van der Waals surface area contributed by atoms with E-state index in [-0.39, 0.29) is 5.56 Å². The maximum atomic E-state index is 12.5. The third-order valence-electron chi connectivity index (χ3n) is 2.39. The van der Waals surface area contributed by atoms with E-state index < -0.39 is 6.43 Å². The van der Waals surface area contributed by atoms with Crippen molar-refractivity contribution >= 4 is 11.5 Å². The van der Waals surface area contributed by atoms with Gasteiger partial charge in [-0.05, 0) is 18.1 Å². The van der Waals surface area contributed by atoms with Crippen LogP contribution < -0.4 is 5.73 Å². The minimum absolute atomic E-state index is 0.00252. The van der Waals surface area contributed by atoms with E-state index in [4.69, 9.17) is 5.73 Å². The maximum Gasteiger partial charge on any atom is 0.263 e. The Balaban J connectivity index is 2.31. The number of amidine groups is 1. The van der Waals surface area contributed by atoms with Crippen LogP contribution in [0.2, 0.25) is 0 Å². The molecule has 1 aliphatic rings. The molecule has 2 N–H and O–H groups in total. The quantitative estimate of drug-likeness (QED) is 0.822. The Labute approximate surface area is 91.7 Å². The predicted octanol–water partition coefficient (Wildman–Crippen LogP) is 2.48. The summed E-state index contributed by atoms with van der Waals surface area (Å²) < 4.78 is 25.0. The van der Waals surface area contributed by atoms with Gasteiger partial charge < -0.3 is 5.73 Å². The Morgan fingerprint density at radius 2 is 2.00 bits per heavy atom. The van der Waals surface area contributed by atoms with E-state index in [0.717, 1.165) is 0 Å². The first-order valence-electron chi connectivity index (χ1n) is 4.94. The van der Waals surface area contributed by atoms with Gasteiger partial charge in [0.2, 0.25) is 0 Å². The van der Waals surface area contributed by atoms with Crippen molar-refractivity contribution in [2.75, 3.05) is 0 Å². The fourth-order valence-electron chi connectivity index (χ4n) is 1.53. The first-order chi connectivity index (χ1) is 7.66. The highest BCUT2D eigenvalue weighted by molar-refractivity contribution is 6.04. The number of hydrogen-bond donors (Lipinski definition) is 1. The zero-order valence-corrected chi connectivity index (χ0v) is 8.53. The zero-order chi connectivity index (χ0) is 11.5. The second kappa shape index (κ2) is 4.38. The third-order valence-corrected chi connectivity index (χ3v) is 2.39. The molecule has 0 bridgehead atoms. The normalized spacial score (nSPS) is 15.9. The lowest BCUT2D eigenvalue weighted by Crippen LogP contribution is -2.17. The van der Waals surface area contributed by atoms with Crippen molar-refractivity contribution in [1.82, 2.24) is 0 Å². The summed E-state index contributed by atoms with van der Waals surface area (Å²) in [7, 11) is 0. The van der Waals surface area contributed by atoms with Gasteiger partial charge in [0.15, 0.2) is 0 Å². The molecule has 2 rings (SSSR count). The number of nitrogens with zero attached hydrogens (tertiary/aromatic N) is 2. The Morgan fingerprint density at radius 1 is 1.19 bits per heavy atom. The monoisotopic (exact) mass is 223 g/mol. The highest BCUT2D eigenvalue weighted by atomic mass is 19.3. The molecule has 16 heavy (non-hydrogen) atoms. The largest absolute Gasteiger partial charge is 0.386 e. The molecule has 3 nitrogen and oxygen atoms in total. The van der Waals surface area contributed by atoms with Crippen molar-refractivity contribution in [3.8, 4) is 0 Å². The number of nitrogens with two attached hydrogens (primary N) is 1. The molecular formula is C11H11F2N3. The molecule has 0 atom stereocenters. The summed E-state index contributed by atoms with van der Waals surface area (Å²) in [5, 5.41) is 7.67. The smallest absolute Gasteiger partial charge is 0.263 e. The Bertz CT molecular complexity index is 452. The second-order valence-corrected chi connectivity index (χ2v) is 3.56. The van der Waals surface area contributed by atoms with Crippen molar-refractivity contribution in [1.29, 1.82) is 0 Å². The van der Waals surface area contributed by atoms with Gasteiger partial charge in [0, 0.05) is 12.0 Å². The molecule has 0 aromatic heterocycles. The van der Waals surface area contributed by atoms with Gasteiger partial charge in [0.05, 0.1) is 5.71 Å². The molecule has 84 valence electrons. The molecule has 0 spiro atoms. The van der Waals surface area contributed by atoms with Gasteiger partial charge in [0.1, 0.15) is 5.84 Å². The highest BCUT2D eigenvalue weighted by Crippen LogP contribution is 2.21. The molecule has 0 unspecified atom stereocenters. The Kier molecular flexibility index (Phi) is 2.94. The van der Waals surface area contributed by atoms with Crippen LogP contribution in [-0.2, 0) is 0 Å². The fourth-order valence-corrected chi connectivity index (χ4v) is 1.53. The molecule has 1 aliphatic heterocycles. The average Bonchev–Trinajstić information content (AvgIpc) is 2.30. The van der Waals surface area contributed by atoms with Crippen LogP contribution in [0.3, 0.4) is 0 Å². The third kappa shape index (κ3) is 2.24. The molecule has 5 heteroatoms. The van der Waals surface area contributed by atoms with Crippen LogP contribution in [0.1, 0.15) is 30.4 Å². The Morgan fingerprint density at radius 3 is 2.62 bits per heavy atom. The van der Waals surface area contributed by atoms with Crippen LogP contribution in [0.5, 0.6) is 0 Å². The topological polar surface area (TPSA) is 50.7 Å². The molecule has 1 aromatic rings. The highest BCUT2D eigenvalue weighted by Gasteiger charge is 2.12. The van der Waals surface area contributed by atoms with Gasteiger partial charge in [-0.1, -0.05) is 18.2 Å². The van der Waals surface area contributed by atoms with Crippen LogP contribution in [0.25, 0.3) is 0 Å². The SMILES string of the molecule is NC1=NN=C(c2cccc(C(F)F)c2)CC1. The fraction of sp³-hybridized carbons (Fsp3) is 0.273. The molecule has 0 amide bonds. The number of alkyl halides is 2. The zero-order valence-electron chi connectivity index (χ0n) is 8.53. The summed E-state index contributed by atoms with van der Waals surface area (Å²) in [6.07, 6.45) is -1.20. The summed E-state index contributed by atoms with van der Waals surface area (Å²) >= 11 is 0. The Hall–Kier alpha value is -1.78. The number of rotatable bonds is 2. The maximum absolute atomic E-state index is 12.5. The van der Waals surface area contributed by atoms with E-state index in [1.165, 1.54) is 12.1 Å². The number of hydrogen-bond acceptors (Lipinski definition) is 3. The van der Waals surface area contributed by atoms with E-state index in [2.05, 4.69) is 10.2 Å². The van der Waals surface area contributed by atoms with Gasteiger partial charge in [-0.2, -0.15) is 5.10 Å². The van der Waals surface area contributed by atoms with Gasteiger partial charge in [0.25, 0.3) is 6.43 Å². The second-order valence-electron chi connectivity index (χ2n) is 3.56. The molecule has 1 heterocycles. The van der Waals surface area contributed by atoms with E-state index in [1.807, 2.05) is 0 Å². The predicted molar refractivity (Wildman–Crippen MR) is 58.8 cm³/mol. The van der Waals surface area contributed by atoms with Crippen molar-refractivity contribution in [2.45, 2.75) is 19.3 Å². The molecule has 0 saturated heterocycles. The van der Waals surface area contributed by atoms with Crippen LogP contribution in [0, 0.1) is 0 Å². The molecular weight excluding hydrogens is 212 g/mol. The average molecular weight is 223 g/mol. The van der Waals surface area contributed by atoms with Crippen molar-refractivity contribution in [3.05, 3.63) is 35.4 Å². The van der Waals surface area contributed by atoms with E-state index >= 15 is 0 Å². The number of halogens is 2. The molecule has 0 fully saturated rings. The number of benzene rings is 1. The van der Waals surface area contributed by atoms with Crippen LogP contribution in [0.4, 0.5) is 8.78 Å². The summed E-state index contributed by atoms with van der Waals surface area (Å²) in [6.45, 7) is 0. The summed E-state index contributed by atoms with van der Waals surface area (Å²) in [5.41, 5.74) is 6.87. The van der Waals surface area contributed by atoms with Gasteiger partial charge in [-0.15, -0.1) is 5.10 Å². The van der Waals surface area contributed by atoms with Crippen molar-refractivity contribution in [3.63, 3.8) is 0 Å². The lowest BCUT2D eigenvalue weighted by atomic mass is 10.0. The molecule has 0 radical (unpaired) electrons. The molecule has 1 aromatic carbocycles. The molecule has 0 aliphatic carbocycles. The first-order valence-corrected chi connectivity index (χ1v) is 4.94. The van der Waals surface area contributed by atoms with Gasteiger partial charge in [-0.25, -0.2) is 8.78 Å². The van der Waals surface area contributed by atoms with Crippen molar-refractivity contribution in [2.24, 2.45) is 15.9 Å². The van der Waals surface area contributed by atoms with E-state index in [1.54, 1.807) is 12.1 Å². The van der Waals surface area contributed by atoms with Crippen LogP contribution >= 0.6 is 0 Å². The lowest BCUT2D eigenvalue weighted by Gasteiger charge is -2.10. The van der Waals surface area contributed by atoms with Crippen LogP contribution in [-0.4, -0.2) is 11.5 Å². The van der Waals surface area contributed by atoms with E-state index in [0.29, 0.717) is 30.0 Å². The van der Waals surface area contributed by atoms with Crippen LogP contribution in [0.15, 0.2) is 34.5 Å².